The number of unbranched alkanes of at least 4 members (excludes halogenated alkanes) is 2. The first-order chi connectivity index (χ1) is 15.9. The third-order valence-corrected chi connectivity index (χ3v) is 6.37. The molecule has 0 spiro atoms. The van der Waals surface area contributed by atoms with Crippen molar-refractivity contribution in [3.63, 3.8) is 0 Å². The molecule has 170 valence electrons. The van der Waals surface area contributed by atoms with Gasteiger partial charge in [-0.25, -0.2) is 4.98 Å². The molecule has 0 saturated carbocycles. The molecule has 6 heteroatoms. The smallest absolute Gasteiger partial charge is 0.261 e. The second kappa shape index (κ2) is 10.5. The van der Waals surface area contributed by atoms with Gasteiger partial charge in [0.05, 0.1) is 17.5 Å². The van der Waals surface area contributed by atoms with Crippen LogP contribution in [0.2, 0.25) is 5.02 Å². The number of aryl methyl sites for hydroxylation is 2. The molecule has 1 aromatic heterocycles. The van der Waals surface area contributed by atoms with Crippen LogP contribution in [0.4, 0.5) is 0 Å². The Morgan fingerprint density at radius 1 is 0.970 bits per heavy atom. The molecule has 0 atom stereocenters. The molecule has 0 unspecified atom stereocenters. The highest BCUT2D eigenvalue weighted by atomic mass is 79.9. The van der Waals surface area contributed by atoms with E-state index in [2.05, 4.69) is 41.9 Å². The fourth-order valence-electron chi connectivity index (χ4n) is 4.04. The van der Waals surface area contributed by atoms with Crippen LogP contribution in [-0.2, 0) is 6.54 Å². The second-order valence-electron chi connectivity index (χ2n) is 8.19. The molecule has 0 aliphatic rings. The summed E-state index contributed by atoms with van der Waals surface area (Å²) in [5.74, 6) is 1.63. The van der Waals surface area contributed by atoms with E-state index in [1.54, 1.807) is 4.57 Å². The quantitative estimate of drug-likeness (QED) is 0.226. The molecular weight excluding hydrogens is 500 g/mol. The average molecular weight is 526 g/mol. The van der Waals surface area contributed by atoms with Crippen molar-refractivity contribution in [1.82, 2.24) is 9.55 Å². The molecular formula is C27H26BrClN2O2. The lowest BCUT2D eigenvalue weighted by Crippen LogP contribution is -2.23. The van der Waals surface area contributed by atoms with Gasteiger partial charge in [-0.15, -0.1) is 0 Å². The van der Waals surface area contributed by atoms with Crippen LogP contribution < -0.4 is 10.3 Å². The lowest BCUT2D eigenvalue weighted by Gasteiger charge is -2.15. The van der Waals surface area contributed by atoms with E-state index in [0.29, 0.717) is 34.9 Å². The summed E-state index contributed by atoms with van der Waals surface area (Å²) in [5.41, 5.74) is 3.83. The van der Waals surface area contributed by atoms with Gasteiger partial charge >= 0.3 is 0 Å². The minimum Gasteiger partial charge on any atom is -0.493 e. The predicted molar refractivity (Wildman–Crippen MR) is 139 cm³/mol. The summed E-state index contributed by atoms with van der Waals surface area (Å²) in [7, 11) is 0. The van der Waals surface area contributed by atoms with Crippen LogP contribution in [0.1, 0.15) is 30.4 Å². The van der Waals surface area contributed by atoms with Gasteiger partial charge in [-0.05, 0) is 92.8 Å². The molecule has 3 aromatic carbocycles. The number of para-hydroxylation sites is 1. The second-order valence-corrected chi connectivity index (χ2v) is 9.55. The van der Waals surface area contributed by atoms with Crippen LogP contribution in [-0.4, -0.2) is 16.2 Å². The minimum atomic E-state index is -0.0112. The summed E-state index contributed by atoms with van der Waals surface area (Å²) in [4.78, 5) is 18.1. The molecule has 0 bridgehead atoms. The van der Waals surface area contributed by atoms with E-state index in [1.165, 1.54) is 0 Å². The third-order valence-electron chi connectivity index (χ3n) is 5.66. The Morgan fingerprint density at radius 2 is 1.67 bits per heavy atom. The molecule has 0 aliphatic carbocycles. The Morgan fingerprint density at radius 3 is 2.39 bits per heavy atom. The normalized spacial score (nSPS) is 11.2. The number of hydrogen-bond donors (Lipinski definition) is 0. The van der Waals surface area contributed by atoms with Crippen molar-refractivity contribution in [3.05, 3.63) is 91.6 Å². The summed E-state index contributed by atoms with van der Waals surface area (Å²) in [6.07, 6.45) is 2.73. The monoisotopic (exact) mass is 524 g/mol. The Bertz CT molecular complexity index is 1310. The largest absolute Gasteiger partial charge is 0.493 e. The molecule has 1 heterocycles. The lowest BCUT2D eigenvalue weighted by atomic mass is 10.1. The third kappa shape index (κ3) is 5.48. The molecule has 4 aromatic rings. The van der Waals surface area contributed by atoms with Crippen molar-refractivity contribution in [1.29, 1.82) is 0 Å². The Kier molecular flexibility index (Phi) is 7.51. The first-order valence-electron chi connectivity index (χ1n) is 11.1. The van der Waals surface area contributed by atoms with Crippen LogP contribution in [0.3, 0.4) is 0 Å². The molecule has 0 amide bonds. The van der Waals surface area contributed by atoms with Gasteiger partial charge in [0.25, 0.3) is 5.56 Å². The maximum Gasteiger partial charge on any atom is 0.261 e. The highest BCUT2D eigenvalue weighted by molar-refractivity contribution is 9.10. The fraction of sp³-hybridized carbons (Fsp3) is 0.259. The van der Waals surface area contributed by atoms with Gasteiger partial charge in [-0.2, -0.15) is 0 Å². The number of halogens is 2. The summed E-state index contributed by atoms with van der Waals surface area (Å²) < 4.78 is 8.90. The van der Waals surface area contributed by atoms with Gasteiger partial charge in [-0.1, -0.05) is 39.7 Å². The molecule has 4 rings (SSSR count). The van der Waals surface area contributed by atoms with E-state index >= 15 is 0 Å². The highest BCUT2D eigenvalue weighted by Gasteiger charge is 2.13. The van der Waals surface area contributed by atoms with Gasteiger partial charge in [0.15, 0.2) is 0 Å². The Hall–Kier alpha value is -2.63. The standard InChI is InChI=1S/C27H26BrClN2O2/c1-18-16-21(28)17-19(2)25(18)33-15-7-3-6-14-31-26(20-10-12-22(29)13-11-20)30-24-9-5-4-8-23(24)27(31)32/h4-5,8-13,16-17H,3,6-7,14-15H2,1-2H3. The van der Waals surface area contributed by atoms with Crippen molar-refractivity contribution >= 4 is 38.4 Å². The van der Waals surface area contributed by atoms with Crippen LogP contribution in [0.5, 0.6) is 5.75 Å². The van der Waals surface area contributed by atoms with Crippen LogP contribution >= 0.6 is 27.5 Å². The zero-order chi connectivity index (χ0) is 23.4. The first-order valence-corrected chi connectivity index (χ1v) is 12.3. The molecule has 33 heavy (non-hydrogen) atoms. The summed E-state index contributed by atoms with van der Waals surface area (Å²) in [5, 5.41) is 1.30. The topological polar surface area (TPSA) is 44.1 Å². The molecule has 0 N–H and O–H groups in total. The number of ether oxygens (including phenoxy) is 1. The first kappa shape index (κ1) is 23.5. The van der Waals surface area contributed by atoms with Gasteiger partial charge in [0, 0.05) is 21.6 Å². The highest BCUT2D eigenvalue weighted by Crippen LogP contribution is 2.27. The van der Waals surface area contributed by atoms with Crippen molar-refractivity contribution in [2.75, 3.05) is 6.61 Å². The zero-order valence-electron chi connectivity index (χ0n) is 18.8. The molecule has 0 saturated heterocycles. The number of benzene rings is 3. The van der Waals surface area contributed by atoms with Crippen molar-refractivity contribution in [2.24, 2.45) is 0 Å². The number of fused-ring (bicyclic) bond motifs is 1. The van der Waals surface area contributed by atoms with Crippen molar-refractivity contribution in [3.8, 4) is 17.1 Å². The zero-order valence-corrected chi connectivity index (χ0v) is 21.1. The number of rotatable bonds is 8. The average Bonchev–Trinajstić information content (AvgIpc) is 2.79. The summed E-state index contributed by atoms with van der Waals surface area (Å²) in [6, 6.07) is 19.1. The Labute approximate surface area is 207 Å². The van der Waals surface area contributed by atoms with Gasteiger partial charge in [0.2, 0.25) is 0 Å². The maximum absolute atomic E-state index is 13.3. The molecule has 0 fully saturated rings. The van der Waals surface area contributed by atoms with Crippen LogP contribution in [0.15, 0.2) is 69.9 Å². The van der Waals surface area contributed by atoms with E-state index in [1.807, 2.05) is 48.5 Å². The summed E-state index contributed by atoms with van der Waals surface area (Å²) >= 11 is 9.59. The van der Waals surface area contributed by atoms with Crippen molar-refractivity contribution in [2.45, 2.75) is 39.7 Å². The van der Waals surface area contributed by atoms with E-state index in [9.17, 15) is 4.79 Å². The molecule has 0 radical (unpaired) electrons. The van der Waals surface area contributed by atoms with Crippen LogP contribution in [0, 0.1) is 13.8 Å². The molecule has 4 nitrogen and oxygen atoms in total. The van der Waals surface area contributed by atoms with E-state index in [4.69, 9.17) is 21.3 Å². The Balaban J connectivity index is 1.46. The predicted octanol–water partition coefficient (Wildman–Crippen LogP) is 7.35. The van der Waals surface area contributed by atoms with E-state index in [0.717, 1.165) is 46.2 Å². The van der Waals surface area contributed by atoms with Gasteiger partial charge in [0.1, 0.15) is 11.6 Å². The number of aromatic nitrogens is 2. The van der Waals surface area contributed by atoms with Crippen LogP contribution in [0.25, 0.3) is 22.3 Å². The van der Waals surface area contributed by atoms with Crippen molar-refractivity contribution < 1.29 is 4.74 Å². The molecule has 0 aliphatic heterocycles. The van der Waals surface area contributed by atoms with E-state index < -0.39 is 0 Å². The van der Waals surface area contributed by atoms with E-state index in [-0.39, 0.29) is 5.56 Å². The lowest BCUT2D eigenvalue weighted by molar-refractivity contribution is 0.300. The minimum absolute atomic E-state index is 0.0112. The van der Waals surface area contributed by atoms with Gasteiger partial charge < -0.3 is 4.74 Å². The SMILES string of the molecule is Cc1cc(Br)cc(C)c1OCCCCCn1c(-c2ccc(Cl)cc2)nc2ccccc2c1=O. The number of hydrogen-bond acceptors (Lipinski definition) is 3. The van der Waals surface area contributed by atoms with Gasteiger partial charge in [-0.3, -0.25) is 9.36 Å². The number of nitrogens with zero attached hydrogens (tertiary/aromatic N) is 2. The fourth-order valence-corrected chi connectivity index (χ4v) is 4.86. The summed E-state index contributed by atoms with van der Waals surface area (Å²) in [6.45, 7) is 5.37. The maximum atomic E-state index is 13.3.